The second kappa shape index (κ2) is 10.9. The standard InChI is InChI=1S/C23H37N3O2/c1-3-20-9-5-6-10-21(20)24-23(27)18-26-14-12-25(13-15-26)16-17-28-22-11-7-4-8-19(22)2/h5-6,9-10,19,22H,3-4,7-8,11-18H2,1-2H3,(H,24,27)/t19-,22+/m1/s1. The molecule has 1 N–H and O–H groups in total. The van der Waals surface area contributed by atoms with Gasteiger partial charge < -0.3 is 10.1 Å². The number of aryl methyl sites for hydroxylation is 1. The van der Waals surface area contributed by atoms with Crippen molar-refractivity contribution in [3.05, 3.63) is 29.8 Å². The van der Waals surface area contributed by atoms with Gasteiger partial charge >= 0.3 is 0 Å². The van der Waals surface area contributed by atoms with Crippen LogP contribution in [0, 0.1) is 5.92 Å². The lowest BCUT2D eigenvalue weighted by molar-refractivity contribution is -0.117. The summed E-state index contributed by atoms with van der Waals surface area (Å²) >= 11 is 0. The molecule has 0 radical (unpaired) electrons. The third-order valence-electron chi connectivity index (χ3n) is 6.28. The number of rotatable bonds is 8. The zero-order chi connectivity index (χ0) is 19.8. The Morgan fingerprint density at radius 1 is 1.11 bits per heavy atom. The third kappa shape index (κ3) is 6.29. The van der Waals surface area contributed by atoms with E-state index in [1.807, 2.05) is 18.2 Å². The Bertz CT molecular complexity index is 614. The Kier molecular flexibility index (Phi) is 8.31. The number of amides is 1. The van der Waals surface area contributed by atoms with Gasteiger partial charge in [0.15, 0.2) is 0 Å². The normalized spacial score (nSPS) is 24.2. The largest absolute Gasteiger partial charge is 0.377 e. The van der Waals surface area contributed by atoms with E-state index in [1.165, 1.54) is 31.2 Å². The molecule has 1 amide bonds. The average molecular weight is 388 g/mol. The summed E-state index contributed by atoms with van der Waals surface area (Å²) in [6.45, 7) is 10.7. The fraction of sp³-hybridized carbons (Fsp3) is 0.696. The highest BCUT2D eigenvalue weighted by molar-refractivity contribution is 5.93. The molecule has 5 heteroatoms. The Morgan fingerprint density at radius 3 is 2.57 bits per heavy atom. The van der Waals surface area contributed by atoms with Crippen molar-refractivity contribution in [3.8, 4) is 0 Å². The number of hydrogen-bond donors (Lipinski definition) is 1. The van der Waals surface area contributed by atoms with E-state index in [0.29, 0.717) is 18.6 Å². The first-order valence-corrected chi connectivity index (χ1v) is 11.1. The van der Waals surface area contributed by atoms with Crippen LogP contribution in [0.1, 0.15) is 45.1 Å². The molecule has 1 saturated heterocycles. The van der Waals surface area contributed by atoms with E-state index in [2.05, 4.69) is 35.0 Å². The summed E-state index contributed by atoms with van der Waals surface area (Å²) in [5.41, 5.74) is 2.13. The summed E-state index contributed by atoms with van der Waals surface area (Å²) in [4.78, 5) is 17.1. The first kappa shape index (κ1) is 21.3. The zero-order valence-corrected chi connectivity index (χ0v) is 17.7. The number of carbonyl (C=O) groups is 1. The Hall–Kier alpha value is -1.43. The van der Waals surface area contributed by atoms with Gasteiger partial charge in [0.2, 0.25) is 5.91 Å². The van der Waals surface area contributed by atoms with Gasteiger partial charge in [0.1, 0.15) is 0 Å². The summed E-state index contributed by atoms with van der Waals surface area (Å²) in [5.74, 6) is 0.797. The van der Waals surface area contributed by atoms with Crippen LogP contribution in [-0.4, -0.2) is 67.7 Å². The van der Waals surface area contributed by atoms with Crippen molar-refractivity contribution in [3.63, 3.8) is 0 Å². The van der Waals surface area contributed by atoms with E-state index in [1.54, 1.807) is 0 Å². The van der Waals surface area contributed by atoms with E-state index in [0.717, 1.165) is 51.4 Å². The molecule has 1 aliphatic carbocycles. The lowest BCUT2D eigenvalue weighted by atomic mass is 9.88. The SMILES string of the molecule is CCc1ccccc1NC(=O)CN1CCN(CCO[C@H]2CCCC[C@H]2C)CC1. The second-order valence-corrected chi connectivity index (χ2v) is 8.35. The van der Waals surface area contributed by atoms with Crippen LogP contribution in [-0.2, 0) is 16.0 Å². The molecular weight excluding hydrogens is 350 g/mol. The maximum absolute atomic E-state index is 12.4. The van der Waals surface area contributed by atoms with Crippen LogP contribution in [0.3, 0.4) is 0 Å². The van der Waals surface area contributed by atoms with Crippen molar-refractivity contribution in [2.45, 2.75) is 52.1 Å². The third-order valence-corrected chi connectivity index (χ3v) is 6.28. The molecule has 1 heterocycles. The highest BCUT2D eigenvalue weighted by atomic mass is 16.5. The van der Waals surface area contributed by atoms with Crippen molar-refractivity contribution in [1.82, 2.24) is 9.80 Å². The van der Waals surface area contributed by atoms with Gasteiger partial charge in [-0.25, -0.2) is 0 Å². The Labute approximate surface area is 170 Å². The van der Waals surface area contributed by atoms with Gasteiger partial charge in [-0.1, -0.05) is 44.9 Å². The second-order valence-electron chi connectivity index (χ2n) is 8.35. The molecule has 0 aromatic heterocycles. The lowest BCUT2D eigenvalue weighted by Gasteiger charge is -2.35. The lowest BCUT2D eigenvalue weighted by Crippen LogP contribution is -2.49. The summed E-state index contributed by atoms with van der Waals surface area (Å²) in [7, 11) is 0. The van der Waals surface area contributed by atoms with E-state index in [4.69, 9.17) is 4.74 Å². The molecule has 2 aliphatic rings. The highest BCUT2D eigenvalue weighted by Gasteiger charge is 2.23. The summed E-state index contributed by atoms with van der Waals surface area (Å²) < 4.78 is 6.16. The Balaban J connectivity index is 1.33. The maximum Gasteiger partial charge on any atom is 0.238 e. The van der Waals surface area contributed by atoms with Gasteiger partial charge in [-0.3, -0.25) is 14.6 Å². The molecule has 1 aromatic rings. The van der Waals surface area contributed by atoms with Crippen LogP contribution in [0.5, 0.6) is 0 Å². The van der Waals surface area contributed by atoms with Crippen LogP contribution in [0.15, 0.2) is 24.3 Å². The topological polar surface area (TPSA) is 44.8 Å². The van der Waals surface area contributed by atoms with Crippen molar-refractivity contribution in [2.24, 2.45) is 5.92 Å². The minimum atomic E-state index is 0.0870. The molecule has 2 atom stereocenters. The number of hydrogen-bond acceptors (Lipinski definition) is 4. The van der Waals surface area contributed by atoms with Gasteiger partial charge in [0.05, 0.1) is 19.3 Å². The van der Waals surface area contributed by atoms with Crippen molar-refractivity contribution < 1.29 is 9.53 Å². The molecule has 156 valence electrons. The Morgan fingerprint density at radius 2 is 1.82 bits per heavy atom. The molecule has 28 heavy (non-hydrogen) atoms. The van der Waals surface area contributed by atoms with Crippen LogP contribution in [0.2, 0.25) is 0 Å². The molecule has 0 bridgehead atoms. The maximum atomic E-state index is 12.4. The van der Waals surface area contributed by atoms with Gasteiger partial charge in [-0.05, 0) is 36.8 Å². The number of ether oxygens (including phenoxy) is 1. The molecule has 0 unspecified atom stereocenters. The molecule has 1 aromatic carbocycles. The fourth-order valence-corrected chi connectivity index (χ4v) is 4.38. The van der Waals surface area contributed by atoms with Crippen molar-refractivity contribution >= 4 is 11.6 Å². The molecule has 3 rings (SSSR count). The molecule has 1 saturated carbocycles. The van der Waals surface area contributed by atoms with E-state index in [-0.39, 0.29) is 5.91 Å². The molecule has 2 fully saturated rings. The fourth-order valence-electron chi connectivity index (χ4n) is 4.38. The highest BCUT2D eigenvalue weighted by Crippen LogP contribution is 2.26. The van der Waals surface area contributed by atoms with Gasteiger partial charge in [-0.2, -0.15) is 0 Å². The first-order chi connectivity index (χ1) is 13.7. The average Bonchev–Trinajstić information content (AvgIpc) is 2.71. The van der Waals surface area contributed by atoms with Gasteiger partial charge in [0.25, 0.3) is 0 Å². The summed E-state index contributed by atoms with van der Waals surface area (Å²) in [5, 5.41) is 3.08. The van der Waals surface area contributed by atoms with E-state index in [9.17, 15) is 4.79 Å². The molecule has 1 aliphatic heterocycles. The first-order valence-electron chi connectivity index (χ1n) is 11.1. The summed E-state index contributed by atoms with van der Waals surface area (Å²) in [6.07, 6.45) is 6.61. The monoisotopic (exact) mass is 387 g/mol. The molecule has 0 spiro atoms. The number of para-hydroxylation sites is 1. The van der Waals surface area contributed by atoms with E-state index < -0.39 is 0 Å². The van der Waals surface area contributed by atoms with Crippen LogP contribution < -0.4 is 5.32 Å². The van der Waals surface area contributed by atoms with Crippen molar-refractivity contribution in [2.75, 3.05) is 51.2 Å². The van der Waals surface area contributed by atoms with Crippen LogP contribution in [0.4, 0.5) is 5.69 Å². The number of nitrogens with one attached hydrogen (secondary N) is 1. The van der Waals surface area contributed by atoms with Crippen LogP contribution in [0.25, 0.3) is 0 Å². The van der Waals surface area contributed by atoms with Gasteiger partial charge in [-0.15, -0.1) is 0 Å². The minimum absolute atomic E-state index is 0.0870. The molecular formula is C23H37N3O2. The molecule has 5 nitrogen and oxygen atoms in total. The van der Waals surface area contributed by atoms with Crippen LogP contribution >= 0.6 is 0 Å². The number of piperazine rings is 1. The van der Waals surface area contributed by atoms with Gasteiger partial charge in [0, 0.05) is 38.4 Å². The minimum Gasteiger partial charge on any atom is -0.377 e. The predicted octanol–water partition coefficient (Wildman–Crippen LogP) is 3.40. The van der Waals surface area contributed by atoms with Crippen molar-refractivity contribution in [1.29, 1.82) is 0 Å². The predicted molar refractivity (Wildman–Crippen MR) is 115 cm³/mol. The number of nitrogens with zero attached hydrogens (tertiary/aromatic N) is 2. The zero-order valence-electron chi connectivity index (χ0n) is 17.7. The number of carbonyl (C=O) groups excluding carboxylic acids is 1. The smallest absolute Gasteiger partial charge is 0.238 e. The van der Waals surface area contributed by atoms with E-state index >= 15 is 0 Å². The number of anilines is 1. The quantitative estimate of drug-likeness (QED) is 0.743. The number of benzene rings is 1. The summed E-state index contributed by atoms with van der Waals surface area (Å²) in [6, 6.07) is 8.06.